The molecule has 2 aromatic rings. The van der Waals surface area contributed by atoms with Gasteiger partial charge >= 0.3 is 0 Å². The lowest BCUT2D eigenvalue weighted by Gasteiger charge is -1.99. The SMILES string of the molecule is CCn1cc(C(=O)CCCCCBr)c2ccccc21. The fraction of sp³-hybridized carbons (Fsp3) is 0.438. The van der Waals surface area contributed by atoms with E-state index in [0.29, 0.717) is 6.42 Å². The van der Waals surface area contributed by atoms with Gasteiger partial charge in [0.05, 0.1) is 0 Å². The average molecular weight is 322 g/mol. The highest BCUT2D eigenvalue weighted by Crippen LogP contribution is 2.23. The first-order chi connectivity index (χ1) is 9.27. The van der Waals surface area contributed by atoms with E-state index < -0.39 is 0 Å². The molecule has 0 fully saturated rings. The number of aromatic nitrogens is 1. The third-order valence-corrected chi connectivity index (χ3v) is 4.03. The normalized spacial score (nSPS) is 11.1. The zero-order valence-electron chi connectivity index (χ0n) is 11.4. The molecule has 2 nitrogen and oxygen atoms in total. The molecule has 19 heavy (non-hydrogen) atoms. The quantitative estimate of drug-likeness (QED) is 0.408. The van der Waals surface area contributed by atoms with Crippen LogP contribution in [0.4, 0.5) is 0 Å². The molecular formula is C16H20BrNO. The molecule has 0 atom stereocenters. The Morgan fingerprint density at radius 1 is 1.21 bits per heavy atom. The minimum atomic E-state index is 0.276. The molecule has 0 saturated carbocycles. The van der Waals surface area contributed by atoms with Crippen LogP contribution in [0.2, 0.25) is 0 Å². The highest BCUT2D eigenvalue weighted by molar-refractivity contribution is 9.09. The number of hydrogen-bond donors (Lipinski definition) is 0. The van der Waals surface area contributed by atoms with Gasteiger partial charge in [-0.2, -0.15) is 0 Å². The second-order valence-corrected chi connectivity index (χ2v) is 5.56. The van der Waals surface area contributed by atoms with Gasteiger partial charge in [0.25, 0.3) is 0 Å². The lowest BCUT2D eigenvalue weighted by Crippen LogP contribution is -1.98. The third-order valence-electron chi connectivity index (χ3n) is 3.47. The molecule has 0 amide bonds. The van der Waals surface area contributed by atoms with Crippen molar-refractivity contribution in [3.05, 3.63) is 36.0 Å². The zero-order chi connectivity index (χ0) is 13.7. The Balaban J connectivity index is 2.17. The Kier molecular flexibility index (Phi) is 5.20. The summed E-state index contributed by atoms with van der Waals surface area (Å²) in [5, 5.41) is 2.12. The third kappa shape index (κ3) is 3.27. The molecule has 0 aliphatic heterocycles. The van der Waals surface area contributed by atoms with Crippen molar-refractivity contribution in [2.45, 2.75) is 39.2 Å². The largest absolute Gasteiger partial charge is 0.347 e. The number of Topliss-reactive ketones (excluding diaryl/α,β-unsaturated/α-hetero) is 1. The Hall–Kier alpha value is -1.09. The molecular weight excluding hydrogens is 302 g/mol. The number of unbranched alkanes of at least 4 members (excludes halogenated alkanes) is 2. The van der Waals surface area contributed by atoms with Gasteiger partial charge in [0.2, 0.25) is 0 Å². The van der Waals surface area contributed by atoms with Crippen LogP contribution in [0.15, 0.2) is 30.5 Å². The summed E-state index contributed by atoms with van der Waals surface area (Å²) in [5.74, 6) is 0.276. The second-order valence-electron chi connectivity index (χ2n) is 4.77. The Morgan fingerprint density at radius 3 is 2.74 bits per heavy atom. The first-order valence-corrected chi connectivity index (χ1v) is 8.07. The standard InChI is InChI=1S/C16H20BrNO/c1-2-18-12-14(13-8-5-6-9-15(13)18)16(19)10-4-3-7-11-17/h5-6,8-9,12H,2-4,7,10-11H2,1H3. The summed E-state index contributed by atoms with van der Waals surface area (Å²) in [7, 11) is 0. The molecule has 1 heterocycles. The van der Waals surface area contributed by atoms with E-state index in [1.54, 1.807) is 0 Å². The van der Waals surface area contributed by atoms with Gasteiger partial charge in [-0.15, -0.1) is 0 Å². The number of ketones is 1. The minimum Gasteiger partial charge on any atom is -0.347 e. The number of rotatable bonds is 7. The molecule has 1 aromatic carbocycles. The molecule has 0 aliphatic rings. The van der Waals surface area contributed by atoms with Crippen molar-refractivity contribution in [2.75, 3.05) is 5.33 Å². The summed E-state index contributed by atoms with van der Waals surface area (Å²) < 4.78 is 2.15. The topological polar surface area (TPSA) is 22.0 Å². The molecule has 0 bridgehead atoms. The number of fused-ring (bicyclic) bond motifs is 1. The van der Waals surface area contributed by atoms with Gasteiger partial charge < -0.3 is 4.57 Å². The maximum atomic E-state index is 12.3. The van der Waals surface area contributed by atoms with Crippen molar-refractivity contribution >= 4 is 32.6 Å². The summed E-state index contributed by atoms with van der Waals surface area (Å²) in [6.07, 6.45) is 5.91. The van der Waals surface area contributed by atoms with E-state index in [0.717, 1.165) is 47.6 Å². The van der Waals surface area contributed by atoms with Crippen molar-refractivity contribution in [1.29, 1.82) is 0 Å². The first kappa shape index (κ1) is 14.3. The van der Waals surface area contributed by atoms with Crippen molar-refractivity contribution in [3.8, 4) is 0 Å². The summed E-state index contributed by atoms with van der Waals surface area (Å²) in [4.78, 5) is 12.3. The van der Waals surface area contributed by atoms with Gasteiger partial charge in [-0.3, -0.25) is 4.79 Å². The summed E-state index contributed by atoms with van der Waals surface area (Å²) >= 11 is 3.42. The molecule has 0 saturated heterocycles. The maximum Gasteiger partial charge on any atom is 0.165 e. The predicted octanol–water partition coefficient (Wildman–Crippen LogP) is 4.80. The van der Waals surface area contributed by atoms with E-state index in [1.165, 1.54) is 0 Å². The molecule has 102 valence electrons. The molecule has 0 spiro atoms. The van der Waals surface area contributed by atoms with Crippen LogP contribution < -0.4 is 0 Å². The first-order valence-electron chi connectivity index (χ1n) is 6.95. The molecule has 0 unspecified atom stereocenters. The number of halogens is 1. The summed E-state index contributed by atoms with van der Waals surface area (Å²) in [6, 6.07) is 8.16. The van der Waals surface area contributed by atoms with Crippen molar-refractivity contribution in [3.63, 3.8) is 0 Å². The number of aryl methyl sites for hydroxylation is 1. The zero-order valence-corrected chi connectivity index (χ0v) is 12.9. The van der Waals surface area contributed by atoms with Gasteiger partial charge in [0.1, 0.15) is 0 Å². The summed E-state index contributed by atoms with van der Waals surface area (Å²) in [6.45, 7) is 3.01. The highest BCUT2D eigenvalue weighted by atomic mass is 79.9. The number of hydrogen-bond acceptors (Lipinski definition) is 1. The van der Waals surface area contributed by atoms with Crippen LogP contribution in [0, 0.1) is 0 Å². The Labute approximate surface area is 122 Å². The number of carbonyl (C=O) groups is 1. The lowest BCUT2D eigenvalue weighted by molar-refractivity contribution is 0.0980. The number of nitrogens with zero attached hydrogens (tertiary/aromatic N) is 1. The number of alkyl halides is 1. The molecule has 1 aromatic heterocycles. The average Bonchev–Trinajstić information content (AvgIpc) is 2.82. The van der Waals surface area contributed by atoms with Gasteiger partial charge in [0.15, 0.2) is 5.78 Å². The van der Waals surface area contributed by atoms with Crippen LogP contribution in [0.3, 0.4) is 0 Å². The molecule has 0 N–H and O–H groups in total. The Morgan fingerprint density at radius 2 is 2.00 bits per heavy atom. The molecule has 0 aliphatic carbocycles. The van der Waals surface area contributed by atoms with Crippen LogP contribution in [0.5, 0.6) is 0 Å². The monoisotopic (exact) mass is 321 g/mol. The van der Waals surface area contributed by atoms with Gasteiger partial charge in [-0.25, -0.2) is 0 Å². The van der Waals surface area contributed by atoms with E-state index >= 15 is 0 Å². The van der Waals surface area contributed by atoms with E-state index in [2.05, 4.69) is 33.5 Å². The lowest BCUT2D eigenvalue weighted by atomic mass is 10.0. The smallest absolute Gasteiger partial charge is 0.165 e. The number of para-hydroxylation sites is 1. The Bertz CT molecular complexity index is 559. The molecule has 3 heteroatoms. The van der Waals surface area contributed by atoms with Crippen molar-refractivity contribution in [1.82, 2.24) is 4.57 Å². The number of benzene rings is 1. The van der Waals surface area contributed by atoms with Gasteiger partial charge in [0, 0.05) is 41.0 Å². The van der Waals surface area contributed by atoms with Crippen LogP contribution in [0.25, 0.3) is 10.9 Å². The van der Waals surface area contributed by atoms with Crippen LogP contribution in [-0.2, 0) is 6.54 Å². The van der Waals surface area contributed by atoms with Crippen molar-refractivity contribution in [2.24, 2.45) is 0 Å². The van der Waals surface area contributed by atoms with E-state index in [-0.39, 0.29) is 5.78 Å². The van der Waals surface area contributed by atoms with Crippen LogP contribution in [0.1, 0.15) is 43.0 Å². The van der Waals surface area contributed by atoms with E-state index in [4.69, 9.17) is 0 Å². The van der Waals surface area contributed by atoms with Gasteiger partial charge in [-0.05, 0) is 25.8 Å². The fourth-order valence-electron chi connectivity index (χ4n) is 2.42. The summed E-state index contributed by atoms with van der Waals surface area (Å²) in [5.41, 5.74) is 2.05. The number of carbonyl (C=O) groups excluding carboxylic acids is 1. The van der Waals surface area contributed by atoms with Gasteiger partial charge in [-0.1, -0.05) is 40.5 Å². The van der Waals surface area contributed by atoms with E-state index in [9.17, 15) is 4.79 Å². The van der Waals surface area contributed by atoms with Crippen molar-refractivity contribution < 1.29 is 4.79 Å². The maximum absolute atomic E-state index is 12.3. The van der Waals surface area contributed by atoms with Crippen LogP contribution >= 0.6 is 15.9 Å². The highest BCUT2D eigenvalue weighted by Gasteiger charge is 2.13. The minimum absolute atomic E-state index is 0.276. The molecule has 0 radical (unpaired) electrons. The predicted molar refractivity (Wildman–Crippen MR) is 84.2 cm³/mol. The molecule has 2 rings (SSSR count). The second kappa shape index (κ2) is 6.90. The fourth-order valence-corrected chi connectivity index (χ4v) is 2.82. The van der Waals surface area contributed by atoms with E-state index in [1.807, 2.05) is 24.4 Å². The van der Waals surface area contributed by atoms with Crippen LogP contribution in [-0.4, -0.2) is 15.7 Å².